The third kappa shape index (κ3) is 3.42. The van der Waals surface area contributed by atoms with Gasteiger partial charge in [0.25, 0.3) is 0 Å². The van der Waals surface area contributed by atoms with Crippen LogP contribution in [-0.4, -0.2) is 60.5 Å². The van der Waals surface area contributed by atoms with E-state index in [-0.39, 0.29) is 0 Å². The third-order valence-electron chi connectivity index (χ3n) is 5.81. The Morgan fingerprint density at radius 3 is 2.71 bits per heavy atom. The first-order valence-corrected chi connectivity index (χ1v) is 9.04. The molecule has 4 heteroatoms. The number of carbonyl (C=O) groups is 1. The van der Waals surface area contributed by atoms with Gasteiger partial charge < -0.3 is 10.2 Å². The fourth-order valence-electron chi connectivity index (χ4n) is 4.66. The molecule has 0 aromatic carbocycles. The van der Waals surface area contributed by atoms with Crippen LogP contribution < -0.4 is 5.32 Å². The number of likely N-dealkylation sites (tertiary alicyclic amines) is 1. The maximum atomic E-state index is 12.8. The molecule has 1 amide bonds. The second kappa shape index (κ2) is 7.10. The van der Waals surface area contributed by atoms with E-state index in [0.717, 1.165) is 32.1 Å². The molecule has 2 saturated heterocycles. The van der Waals surface area contributed by atoms with Crippen molar-refractivity contribution in [1.29, 1.82) is 0 Å². The molecule has 2 heterocycles. The Hall–Kier alpha value is -0.610. The van der Waals surface area contributed by atoms with E-state index in [0.29, 0.717) is 24.5 Å². The van der Waals surface area contributed by atoms with Gasteiger partial charge in [-0.3, -0.25) is 9.69 Å². The van der Waals surface area contributed by atoms with E-state index in [1.54, 1.807) is 0 Å². The van der Waals surface area contributed by atoms with Crippen LogP contribution in [-0.2, 0) is 4.79 Å². The Morgan fingerprint density at radius 2 is 1.95 bits per heavy atom. The monoisotopic (exact) mass is 293 g/mol. The summed E-state index contributed by atoms with van der Waals surface area (Å²) >= 11 is 0. The molecule has 0 aromatic rings. The standard InChI is InChI=1S/C17H31N3O/c1-2-20(15-8-4-3-5-9-15)17(21)13-19-10-6-7-14-11-18-12-16(14)19/h14-16,18H,2-13H2,1H3. The van der Waals surface area contributed by atoms with Crippen LogP contribution >= 0.6 is 0 Å². The molecule has 120 valence electrons. The summed E-state index contributed by atoms with van der Waals surface area (Å²) in [7, 11) is 0. The molecular weight excluding hydrogens is 262 g/mol. The summed E-state index contributed by atoms with van der Waals surface area (Å²) in [6.45, 7) is 7.00. The maximum Gasteiger partial charge on any atom is 0.236 e. The van der Waals surface area contributed by atoms with Gasteiger partial charge in [-0.2, -0.15) is 0 Å². The second-order valence-electron chi connectivity index (χ2n) is 7.07. The molecule has 3 fully saturated rings. The number of carbonyl (C=O) groups excluding carboxylic acids is 1. The first-order valence-electron chi connectivity index (χ1n) is 9.04. The highest BCUT2D eigenvalue weighted by molar-refractivity contribution is 5.78. The predicted molar refractivity (Wildman–Crippen MR) is 85.2 cm³/mol. The third-order valence-corrected chi connectivity index (χ3v) is 5.81. The Balaban J connectivity index is 1.58. The average molecular weight is 293 g/mol. The van der Waals surface area contributed by atoms with Crippen molar-refractivity contribution in [3.05, 3.63) is 0 Å². The van der Waals surface area contributed by atoms with E-state index in [1.807, 2.05) is 0 Å². The van der Waals surface area contributed by atoms with E-state index in [4.69, 9.17) is 0 Å². The van der Waals surface area contributed by atoms with Crippen LogP contribution in [0.1, 0.15) is 51.9 Å². The SMILES string of the molecule is CCN(C(=O)CN1CCCC2CNCC21)C1CCCCC1. The van der Waals surface area contributed by atoms with Crippen LogP contribution in [0.25, 0.3) is 0 Å². The first kappa shape index (κ1) is 15.3. The largest absolute Gasteiger partial charge is 0.339 e. The smallest absolute Gasteiger partial charge is 0.236 e. The number of nitrogens with one attached hydrogen (secondary N) is 1. The van der Waals surface area contributed by atoms with Crippen LogP contribution in [0, 0.1) is 5.92 Å². The van der Waals surface area contributed by atoms with Gasteiger partial charge in [0.15, 0.2) is 0 Å². The zero-order chi connectivity index (χ0) is 14.7. The van der Waals surface area contributed by atoms with E-state index in [2.05, 4.69) is 22.0 Å². The summed E-state index contributed by atoms with van der Waals surface area (Å²) in [5.41, 5.74) is 0. The van der Waals surface area contributed by atoms with Gasteiger partial charge in [-0.15, -0.1) is 0 Å². The van der Waals surface area contributed by atoms with Crippen molar-refractivity contribution < 1.29 is 4.79 Å². The van der Waals surface area contributed by atoms with E-state index >= 15 is 0 Å². The van der Waals surface area contributed by atoms with Crippen LogP contribution in [0.3, 0.4) is 0 Å². The summed E-state index contributed by atoms with van der Waals surface area (Å²) in [6.07, 6.45) is 8.97. The van der Waals surface area contributed by atoms with Crippen molar-refractivity contribution in [3.8, 4) is 0 Å². The molecule has 3 rings (SSSR count). The van der Waals surface area contributed by atoms with Gasteiger partial charge in [0.2, 0.25) is 5.91 Å². The van der Waals surface area contributed by atoms with Crippen LogP contribution in [0.2, 0.25) is 0 Å². The quantitative estimate of drug-likeness (QED) is 0.859. The van der Waals surface area contributed by atoms with E-state index < -0.39 is 0 Å². The highest BCUT2D eigenvalue weighted by atomic mass is 16.2. The molecule has 1 saturated carbocycles. The molecule has 2 unspecified atom stereocenters. The number of amides is 1. The van der Waals surface area contributed by atoms with Crippen molar-refractivity contribution in [2.24, 2.45) is 5.92 Å². The van der Waals surface area contributed by atoms with Crippen molar-refractivity contribution in [2.75, 3.05) is 32.7 Å². The highest BCUT2D eigenvalue weighted by Gasteiger charge is 2.36. The Morgan fingerprint density at radius 1 is 1.14 bits per heavy atom. The van der Waals surface area contributed by atoms with Crippen LogP contribution in [0.5, 0.6) is 0 Å². The lowest BCUT2D eigenvalue weighted by Gasteiger charge is -2.39. The lowest BCUT2D eigenvalue weighted by atomic mass is 9.91. The minimum Gasteiger partial charge on any atom is -0.339 e. The summed E-state index contributed by atoms with van der Waals surface area (Å²) in [5, 5.41) is 3.51. The van der Waals surface area contributed by atoms with Gasteiger partial charge in [0.1, 0.15) is 0 Å². The fourth-order valence-corrected chi connectivity index (χ4v) is 4.66. The molecule has 0 bridgehead atoms. The number of piperidine rings is 1. The van der Waals surface area contributed by atoms with Crippen LogP contribution in [0.4, 0.5) is 0 Å². The molecule has 0 radical (unpaired) electrons. The fraction of sp³-hybridized carbons (Fsp3) is 0.941. The Kier molecular flexibility index (Phi) is 5.17. The Labute approximate surface area is 129 Å². The molecule has 0 aromatic heterocycles. The molecule has 1 N–H and O–H groups in total. The van der Waals surface area contributed by atoms with Gasteiger partial charge in [0, 0.05) is 25.2 Å². The summed E-state index contributed by atoms with van der Waals surface area (Å²) in [4.78, 5) is 17.4. The average Bonchev–Trinajstić information content (AvgIpc) is 2.99. The predicted octanol–water partition coefficient (Wildman–Crippen LogP) is 1.85. The summed E-state index contributed by atoms with van der Waals surface area (Å²) in [6, 6.07) is 1.12. The molecule has 1 aliphatic carbocycles. The van der Waals surface area contributed by atoms with Gasteiger partial charge >= 0.3 is 0 Å². The molecule has 0 spiro atoms. The highest BCUT2D eigenvalue weighted by Crippen LogP contribution is 2.27. The molecular formula is C17H31N3O. The topological polar surface area (TPSA) is 35.6 Å². The lowest BCUT2D eigenvalue weighted by molar-refractivity contribution is -0.136. The minimum absolute atomic E-state index is 0.372. The second-order valence-corrected chi connectivity index (χ2v) is 7.07. The molecule has 3 aliphatic rings. The van der Waals surface area contributed by atoms with Crippen LogP contribution in [0.15, 0.2) is 0 Å². The maximum absolute atomic E-state index is 12.8. The van der Waals surface area contributed by atoms with Crippen molar-refractivity contribution in [2.45, 2.75) is 64.0 Å². The van der Waals surface area contributed by atoms with Crippen molar-refractivity contribution in [3.63, 3.8) is 0 Å². The van der Waals surface area contributed by atoms with Gasteiger partial charge in [-0.25, -0.2) is 0 Å². The molecule has 4 nitrogen and oxygen atoms in total. The molecule has 2 aliphatic heterocycles. The zero-order valence-corrected chi connectivity index (χ0v) is 13.5. The van der Waals surface area contributed by atoms with Gasteiger partial charge in [-0.1, -0.05) is 19.3 Å². The normalized spacial score (nSPS) is 31.1. The van der Waals surface area contributed by atoms with E-state index in [1.165, 1.54) is 44.9 Å². The lowest BCUT2D eigenvalue weighted by Crippen LogP contribution is -2.52. The molecule has 21 heavy (non-hydrogen) atoms. The number of fused-ring (bicyclic) bond motifs is 1. The first-order chi connectivity index (χ1) is 10.3. The molecule has 2 atom stereocenters. The number of hydrogen-bond acceptors (Lipinski definition) is 3. The number of nitrogens with zero attached hydrogens (tertiary/aromatic N) is 2. The van der Waals surface area contributed by atoms with Gasteiger partial charge in [-0.05, 0) is 51.6 Å². The Bertz CT molecular complexity index is 354. The number of likely N-dealkylation sites (N-methyl/N-ethyl adjacent to an activating group) is 1. The number of hydrogen-bond donors (Lipinski definition) is 1. The van der Waals surface area contributed by atoms with E-state index in [9.17, 15) is 4.79 Å². The van der Waals surface area contributed by atoms with Gasteiger partial charge in [0.05, 0.1) is 6.54 Å². The zero-order valence-electron chi connectivity index (χ0n) is 13.5. The van der Waals surface area contributed by atoms with Crippen molar-refractivity contribution in [1.82, 2.24) is 15.1 Å². The number of rotatable bonds is 4. The summed E-state index contributed by atoms with van der Waals surface area (Å²) < 4.78 is 0. The van der Waals surface area contributed by atoms with Crippen molar-refractivity contribution >= 4 is 5.91 Å². The minimum atomic E-state index is 0.372. The summed E-state index contributed by atoms with van der Waals surface area (Å²) in [5.74, 6) is 1.15.